The molecule has 0 saturated heterocycles. The summed E-state index contributed by atoms with van der Waals surface area (Å²) in [6.45, 7) is 3.40. The number of anilines is 2. The minimum atomic E-state index is -4.36. The van der Waals surface area contributed by atoms with Gasteiger partial charge in [-0.2, -0.15) is 13.2 Å². The average molecular weight is 456 g/mol. The number of nitrogens with two attached hydrogens (primary N) is 1. The van der Waals surface area contributed by atoms with Crippen LogP contribution < -0.4 is 20.7 Å². The summed E-state index contributed by atoms with van der Waals surface area (Å²) < 4.78 is 44.5. The Hall–Kier alpha value is -3.75. The molecule has 33 heavy (non-hydrogen) atoms. The molecule has 1 amide bonds. The number of ether oxygens (including phenoxy) is 1. The lowest BCUT2D eigenvalue weighted by Crippen LogP contribution is -2.33. The van der Waals surface area contributed by atoms with Crippen molar-refractivity contribution in [3.05, 3.63) is 83.0 Å². The van der Waals surface area contributed by atoms with Gasteiger partial charge in [-0.1, -0.05) is 24.3 Å². The Morgan fingerprint density at radius 3 is 2.48 bits per heavy atom. The van der Waals surface area contributed by atoms with Gasteiger partial charge in [-0.25, -0.2) is 4.98 Å². The van der Waals surface area contributed by atoms with Gasteiger partial charge in [0.15, 0.2) is 5.82 Å². The summed E-state index contributed by atoms with van der Waals surface area (Å²) in [5.74, 6) is 0.768. The van der Waals surface area contributed by atoms with Crippen molar-refractivity contribution in [3.63, 3.8) is 0 Å². The van der Waals surface area contributed by atoms with Crippen molar-refractivity contribution in [1.29, 1.82) is 0 Å². The molecule has 0 radical (unpaired) electrons. The van der Waals surface area contributed by atoms with Gasteiger partial charge in [0.2, 0.25) is 5.91 Å². The third-order valence-corrected chi connectivity index (χ3v) is 5.53. The van der Waals surface area contributed by atoms with Crippen molar-refractivity contribution in [1.82, 2.24) is 4.98 Å². The molecule has 172 valence electrons. The quantitative estimate of drug-likeness (QED) is 0.559. The Morgan fingerprint density at radius 1 is 1.15 bits per heavy atom. The highest BCUT2D eigenvalue weighted by Crippen LogP contribution is 2.39. The van der Waals surface area contributed by atoms with Crippen molar-refractivity contribution < 1.29 is 22.7 Å². The molecule has 0 bridgehead atoms. The molecular weight excluding hydrogens is 433 g/mol. The number of benzene rings is 2. The van der Waals surface area contributed by atoms with Crippen molar-refractivity contribution in [3.8, 4) is 5.75 Å². The number of halogens is 3. The van der Waals surface area contributed by atoms with Gasteiger partial charge in [0.05, 0.1) is 18.2 Å². The number of nitrogens with one attached hydrogen (secondary N) is 1. The van der Waals surface area contributed by atoms with E-state index in [1.807, 2.05) is 24.0 Å². The van der Waals surface area contributed by atoms with E-state index in [4.69, 9.17) is 10.5 Å². The largest absolute Gasteiger partial charge is 0.489 e. The predicted octanol–water partition coefficient (Wildman–Crippen LogP) is 4.77. The van der Waals surface area contributed by atoms with Crippen molar-refractivity contribution in [2.45, 2.75) is 25.7 Å². The first-order chi connectivity index (χ1) is 15.7. The van der Waals surface area contributed by atoms with Crippen molar-refractivity contribution >= 4 is 17.4 Å². The Labute approximate surface area is 189 Å². The number of nitrogens with zero attached hydrogens (tertiary/aromatic N) is 2. The van der Waals surface area contributed by atoms with Gasteiger partial charge < -0.3 is 20.7 Å². The SMILES string of the molecule is C[C@H](Nc1nccc2c1N(Cc1ccc(C(F)(F)F)cc1)CCO2)c1ccc(C(N)=O)cc1. The number of hydrogen-bond acceptors (Lipinski definition) is 5. The monoisotopic (exact) mass is 456 g/mol. The van der Waals surface area contributed by atoms with Crippen LogP contribution in [-0.4, -0.2) is 24.0 Å². The molecule has 6 nitrogen and oxygen atoms in total. The minimum Gasteiger partial charge on any atom is -0.489 e. The van der Waals surface area contributed by atoms with E-state index in [1.54, 1.807) is 24.4 Å². The molecular formula is C24H23F3N4O2. The third-order valence-electron chi connectivity index (χ3n) is 5.53. The van der Waals surface area contributed by atoms with Gasteiger partial charge in [-0.05, 0) is 42.3 Å². The second-order valence-corrected chi connectivity index (χ2v) is 7.82. The summed E-state index contributed by atoms with van der Waals surface area (Å²) in [6, 6.07) is 13.8. The number of amides is 1. The summed E-state index contributed by atoms with van der Waals surface area (Å²) in [4.78, 5) is 17.8. The zero-order chi connectivity index (χ0) is 23.6. The van der Waals surface area contributed by atoms with Crippen LogP contribution in [0.1, 0.15) is 40.0 Å². The number of hydrogen-bond donors (Lipinski definition) is 2. The van der Waals surface area contributed by atoms with Crippen LogP contribution in [0.4, 0.5) is 24.7 Å². The molecule has 9 heteroatoms. The second kappa shape index (κ2) is 9.01. The zero-order valence-corrected chi connectivity index (χ0v) is 17.9. The van der Waals surface area contributed by atoms with E-state index in [0.717, 1.165) is 28.9 Å². The molecule has 1 aromatic heterocycles. The number of rotatable bonds is 6. The van der Waals surface area contributed by atoms with E-state index in [-0.39, 0.29) is 6.04 Å². The highest BCUT2D eigenvalue weighted by molar-refractivity contribution is 5.92. The van der Waals surface area contributed by atoms with Gasteiger partial charge in [0.1, 0.15) is 18.0 Å². The van der Waals surface area contributed by atoms with Gasteiger partial charge >= 0.3 is 6.18 Å². The Morgan fingerprint density at radius 2 is 1.85 bits per heavy atom. The Bertz CT molecular complexity index is 1130. The highest BCUT2D eigenvalue weighted by atomic mass is 19.4. The van der Waals surface area contributed by atoms with Crippen LogP contribution >= 0.6 is 0 Å². The first-order valence-electron chi connectivity index (χ1n) is 10.4. The van der Waals surface area contributed by atoms with E-state index in [0.29, 0.717) is 36.8 Å². The number of pyridine rings is 1. The van der Waals surface area contributed by atoms with E-state index < -0.39 is 17.6 Å². The van der Waals surface area contributed by atoms with Gasteiger partial charge in [-0.15, -0.1) is 0 Å². The van der Waals surface area contributed by atoms with Gasteiger partial charge in [0, 0.05) is 24.4 Å². The standard InChI is InChI=1S/C24H23F3N4O2/c1-15(17-4-6-18(7-5-17)22(28)32)30-23-21-20(10-11-29-23)33-13-12-31(21)14-16-2-8-19(9-3-16)24(25,26)27/h2-11,15H,12-14H2,1H3,(H2,28,32)(H,29,30)/t15-/m0/s1. The number of carbonyl (C=O) groups excluding carboxylic acids is 1. The maximum absolute atomic E-state index is 12.9. The molecule has 3 N–H and O–H groups in total. The van der Waals surface area contributed by atoms with Crippen LogP contribution in [0, 0.1) is 0 Å². The molecule has 0 fully saturated rings. The molecule has 2 aromatic carbocycles. The first-order valence-corrected chi connectivity index (χ1v) is 10.4. The molecule has 1 aliphatic heterocycles. The van der Waals surface area contributed by atoms with Crippen LogP contribution in [0.2, 0.25) is 0 Å². The lowest BCUT2D eigenvalue weighted by Gasteiger charge is -2.33. The molecule has 0 unspecified atom stereocenters. The molecule has 0 aliphatic carbocycles. The highest BCUT2D eigenvalue weighted by Gasteiger charge is 2.30. The smallest absolute Gasteiger partial charge is 0.416 e. The summed E-state index contributed by atoms with van der Waals surface area (Å²) in [5.41, 5.74) is 7.50. The maximum Gasteiger partial charge on any atom is 0.416 e. The van der Waals surface area contributed by atoms with E-state index in [9.17, 15) is 18.0 Å². The van der Waals surface area contributed by atoms with Gasteiger partial charge in [0.25, 0.3) is 0 Å². The second-order valence-electron chi connectivity index (χ2n) is 7.82. The fraction of sp³-hybridized carbons (Fsp3) is 0.250. The number of fused-ring (bicyclic) bond motifs is 1. The molecule has 4 rings (SSSR count). The minimum absolute atomic E-state index is 0.138. The summed E-state index contributed by atoms with van der Waals surface area (Å²) >= 11 is 0. The van der Waals surface area contributed by atoms with E-state index in [2.05, 4.69) is 10.3 Å². The average Bonchev–Trinajstić information content (AvgIpc) is 2.79. The summed E-state index contributed by atoms with van der Waals surface area (Å²) in [6.07, 6.45) is -2.72. The molecule has 0 spiro atoms. The topological polar surface area (TPSA) is 80.5 Å². The van der Waals surface area contributed by atoms with Crippen LogP contribution in [0.5, 0.6) is 5.75 Å². The number of alkyl halides is 3. The number of aromatic nitrogens is 1. The van der Waals surface area contributed by atoms with Gasteiger partial charge in [-0.3, -0.25) is 4.79 Å². The lowest BCUT2D eigenvalue weighted by atomic mass is 10.1. The third kappa shape index (κ3) is 5.02. The zero-order valence-electron chi connectivity index (χ0n) is 17.9. The Kier molecular flexibility index (Phi) is 6.13. The first kappa shape index (κ1) is 22.4. The van der Waals surface area contributed by atoms with Crippen LogP contribution in [-0.2, 0) is 12.7 Å². The molecule has 0 saturated carbocycles. The van der Waals surface area contributed by atoms with E-state index >= 15 is 0 Å². The molecule has 1 atom stereocenters. The van der Waals surface area contributed by atoms with Crippen LogP contribution in [0.15, 0.2) is 60.8 Å². The maximum atomic E-state index is 12.9. The van der Waals surface area contributed by atoms with E-state index in [1.165, 1.54) is 12.1 Å². The fourth-order valence-corrected chi connectivity index (χ4v) is 3.74. The molecule has 2 heterocycles. The van der Waals surface area contributed by atoms with Crippen molar-refractivity contribution in [2.24, 2.45) is 5.73 Å². The summed E-state index contributed by atoms with van der Waals surface area (Å²) in [7, 11) is 0. The van der Waals surface area contributed by atoms with Crippen LogP contribution in [0.25, 0.3) is 0 Å². The van der Waals surface area contributed by atoms with Crippen LogP contribution in [0.3, 0.4) is 0 Å². The number of carbonyl (C=O) groups is 1. The normalized spacial score (nSPS) is 14.2. The molecule has 3 aromatic rings. The lowest BCUT2D eigenvalue weighted by molar-refractivity contribution is -0.137. The predicted molar refractivity (Wildman–Crippen MR) is 119 cm³/mol. The molecule has 1 aliphatic rings. The Balaban J connectivity index is 1.56. The summed E-state index contributed by atoms with van der Waals surface area (Å²) in [5, 5.41) is 3.38. The number of primary amides is 1. The van der Waals surface area contributed by atoms with Crippen molar-refractivity contribution in [2.75, 3.05) is 23.4 Å². The fourth-order valence-electron chi connectivity index (χ4n) is 3.74.